The first-order valence-electron chi connectivity index (χ1n) is 4.32. The van der Waals surface area contributed by atoms with Crippen LogP contribution in [0.5, 0.6) is 0 Å². The van der Waals surface area contributed by atoms with Gasteiger partial charge in [-0.25, -0.2) is 4.98 Å². The lowest BCUT2D eigenvalue weighted by molar-refractivity contribution is 0.633. The Labute approximate surface area is 88.4 Å². The van der Waals surface area contributed by atoms with Gasteiger partial charge < -0.3 is 10.6 Å². The standard InChI is InChI=1S/C8H13N3S.ClH/c1-2-7(9-3-1)6-11-8-10-4-5-12-8;/h4-5,7,9H,1-3,6H2,(H,10,11);1H. The van der Waals surface area contributed by atoms with Gasteiger partial charge in [0.25, 0.3) is 0 Å². The van der Waals surface area contributed by atoms with E-state index in [1.54, 1.807) is 11.3 Å². The number of thiazole rings is 1. The zero-order valence-electron chi connectivity index (χ0n) is 7.32. The summed E-state index contributed by atoms with van der Waals surface area (Å²) in [6.45, 7) is 2.18. The largest absolute Gasteiger partial charge is 0.360 e. The van der Waals surface area contributed by atoms with Crippen molar-refractivity contribution in [3.8, 4) is 0 Å². The molecular weight excluding hydrogens is 206 g/mol. The van der Waals surface area contributed by atoms with Crippen LogP contribution >= 0.6 is 23.7 Å². The highest BCUT2D eigenvalue weighted by Gasteiger charge is 2.13. The Bertz CT molecular complexity index is 221. The second-order valence-electron chi connectivity index (χ2n) is 3.01. The molecule has 1 atom stereocenters. The van der Waals surface area contributed by atoms with Gasteiger partial charge in [-0.1, -0.05) is 0 Å². The Balaban J connectivity index is 0.000000845. The normalized spacial score (nSPS) is 21.1. The third-order valence-corrected chi connectivity index (χ3v) is 2.83. The zero-order chi connectivity index (χ0) is 8.23. The van der Waals surface area contributed by atoms with Crippen LogP contribution in [0.3, 0.4) is 0 Å². The average Bonchev–Trinajstić information content (AvgIpc) is 2.74. The maximum absolute atomic E-state index is 4.16. The molecule has 2 heterocycles. The van der Waals surface area contributed by atoms with Crippen molar-refractivity contribution >= 4 is 28.9 Å². The molecule has 2 rings (SSSR count). The van der Waals surface area contributed by atoms with Gasteiger partial charge in [0.2, 0.25) is 0 Å². The minimum atomic E-state index is 0. The lowest BCUT2D eigenvalue weighted by atomic mass is 10.2. The van der Waals surface area contributed by atoms with Gasteiger partial charge in [0, 0.05) is 24.2 Å². The summed E-state index contributed by atoms with van der Waals surface area (Å²) in [5.74, 6) is 0. The van der Waals surface area contributed by atoms with E-state index >= 15 is 0 Å². The number of halogens is 1. The zero-order valence-corrected chi connectivity index (χ0v) is 8.96. The van der Waals surface area contributed by atoms with Gasteiger partial charge in [-0.05, 0) is 19.4 Å². The van der Waals surface area contributed by atoms with Crippen LogP contribution < -0.4 is 10.6 Å². The Morgan fingerprint density at radius 1 is 1.69 bits per heavy atom. The molecule has 0 bridgehead atoms. The van der Waals surface area contributed by atoms with E-state index in [2.05, 4.69) is 15.6 Å². The molecule has 13 heavy (non-hydrogen) atoms. The van der Waals surface area contributed by atoms with Gasteiger partial charge in [-0.15, -0.1) is 23.7 Å². The van der Waals surface area contributed by atoms with Crippen molar-refractivity contribution in [3.05, 3.63) is 11.6 Å². The highest BCUT2D eigenvalue weighted by Crippen LogP contribution is 2.11. The number of aromatic nitrogens is 1. The van der Waals surface area contributed by atoms with Crippen molar-refractivity contribution in [2.75, 3.05) is 18.4 Å². The minimum absolute atomic E-state index is 0. The first-order chi connectivity index (χ1) is 5.95. The molecule has 0 spiro atoms. The average molecular weight is 220 g/mol. The second kappa shape index (κ2) is 5.42. The molecule has 74 valence electrons. The van der Waals surface area contributed by atoms with Crippen LogP contribution in [0, 0.1) is 0 Å². The summed E-state index contributed by atoms with van der Waals surface area (Å²) in [5.41, 5.74) is 0. The maximum Gasteiger partial charge on any atom is 0.182 e. The minimum Gasteiger partial charge on any atom is -0.360 e. The molecule has 1 aliphatic heterocycles. The summed E-state index contributed by atoms with van der Waals surface area (Å²) in [5, 5.41) is 9.77. The SMILES string of the molecule is Cl.c1csc(NCC2CCCN2)n1. The van der Waals surface area contributed by atoms with E-state index in [1.807, 2.05) is 11.6 Å². The number of nitrogens with zero attached hydrogens (tertiary/aromatic N) is 1. The topological polar surface area (TPSA) is 37.0 Å². The van der Waals surface area contributed by atoms with Crippen molar-refractivity contribution in [1.29, 1.82) is 0 Å². The van der Waals surface area contributed by atoms with E-state index in [9.17, 15) is 0 Å². The Morgan fingerprint density at radius 2 is 2.62 bits per heavy atom. The monoisotopic (exact) mass is 219 g/mol. The summed E-state index contributed by atoms with van der Waals surface area (Å²) < 4.78 is 0. The van der Waals surface area contributed by atoms with Crippen molar-refractivity contribution in [1.82, 2.24) is 10.3 Å². The van der Waals surface area contributed by atoms with E-state index in [0.29, 0.717) is 6.04 Å². The third-order valence-electron chi connectivity index (χ3n) is 2.09. The first kappa shape index (κ1) is 10.8. The van der Waals surface area contributed by atoms with Gasteiger partial charge in [0.1, 0.15) is 0 Å². The molecule has 1 fully saturated rings. The van der Waals surface area contributed by atoms with Crippen LogP contribution in [0.15, 0.2) is 11.6 Å². The van der Waals surface area contributed by atoms with E-state index in [4.69, 9.17) is 0 Å². The quantitative estimate of drug-likeness (QED) is 0.813. The molecule has 5 heteroatoms. The summed E-state index contributed by atoms with van der Waals surface area (Å²) in [6, 6.07) is 0.647. The van der Waals surface area contributed by atoms with E-state index in [-0.39, 0.29) is 12.4 Å². The number of rotatable bonds is 3. The molecule has 1 unspecified atom stereocenters. The molecule has 1 aromatic rings. The predicted molar refractivity (Wildman–Crippen MR) is 58.9 cm³/mol. The maximum atomic E-state index is 4.16. The smallest absolute Gasteiger partial charge is 0.182 e. The van der Waals surface area contributed by atoms with Crippen LogP contribution in [0.2, 0.25) is 0 Å². The fourth-order valence-corrected chi connectivity index (χ4v) is 1.99. The Kier molecular flexibility index (Phi) is 4.48. The number of hydrogen-bond donors (Lipinski definition) is 2. The molecule has 0 aromatic carbocycles. The highest BCUT2D eigenvalue weighted by atomic mass is 35.5. The fraction of sp³-hybridized carbons (Fsp3) is 0.625. The third kappa shape index (κ3) is 3.14. The van der Waals surface area contributed by atoms with Gasteiger partial charge in [-0.2, -0.15) is 0 Å². The van der Waals surface area contributed by atoms with Crippen molar-refractivity contribution < 1.29 is 0 Å². The number of anilines is 1. The van der Waals surface area contributed by atoms with Gasteiger partial charge >= 0.3 is 0 Å². The highest BCUT2D eigenvalue weighted by molar-refractivity contribution is 7.13. The van der Waals surface area contributed by atoms with E-state index < -0.39 is 0 Å². The van der Waals surface area contributed by atoms with Crippen molar-refractivity contribution in [2.24, 2.45) is 0 Å². The molecular formula is C8H14ClN3S. The van der Waals surface area contributed by atoms with Crippen LogP contribution in [-0.4, -0.2) is 24.1 Å². The molecule has 0 aliphatic carbocycles. The predicted octanol–water partition coefficient (Wildman–Crippen LogP) is 1.73. The molecule has 0 saturated carbocycles. The van der Waals surface area contributed by atoms with Crippen LogP contribution in [0.1, 0.15) is 12.8 Å². The van der Waals surface area contributed by atoms with Gasteiger partial charge in [-0.3, -0.25) is 0 Å². The first-order valence-corrected chi connectivity index (χ1v) is 5.20. The van der Waals surface area contributed by atoms with Crippen molar-refractivity contribution in [2.45, 2.75) is 18.9 Å². The number of hydrogen-bond acceptors (Lipinski definition) is 4. The molecule has 0 amide bonds. The Morgan fingerprint density at radius 3 is 3.23 bits per heavy atom. The molecule has 2 N–H and O–H groups in total. The molecule has 1 saturated heterocycles. The van der Waals surface area contributed by atoms with Gasteiger partial charge in [0.05, 0.1) is 0 Å². The lowest BCUT2D eigenvalue weighted by Gasteiger charge is -2.09. The summed E-state index contributed by atoms with van der Waals surface area (Å²) in [4.78, 5) is 4.16. The molecule has 1 aromatic heterocycles. The molecule has 3 nitrogen and oxygen atoms in total. The summed E-state index contributed by atoms with van der Waals surface area (Å²) >= 11 is 1.66. The molecule has 0 radical (unpaired) electrons. The van der Waals surface area contributed by atoms with Crippen LogP contribution in [0.4, 0.5) is 5.13 Å². The Hall–Kier alpha value is -0.320. The van der Waals surface area contributed by atoms with Crippen LogP contribution in [-0.2, 0) is 0 Å². The van der Waals surface area contributed by atoms with Crippen molar-refractivity contribution in [3.63, 3.8) is 0 Å². The van der Waals surface area contributed by atoms with Gasteiger partial charge in [0.15, 0.2) is 5.13 Å². The lowest BCUT2D eigenvalue weighted by Crippen LogP contribution is -2.29. The van der Waals surface area contributed by atoms with E-state index in [1.165, 1.54) is 19.4 Å². The summed E-state index contributed by atoms with van der Waals surface area (Å²) in [6.07, 6.45) is 4.43. The second-order valence-corrected chi connectivity index (χ2v) is 3.91. The fourth-order valence-electron chi connectivity index (χ4n) is 1.45. The molecule has 1 aliphatic rings. The summed E-state index contributed by atoms with van der Waals surface area (Å²) in [7, 11) is 0. The van der Waals surface area contributed by atoms with Crippen LogP contribution in [0.25, 0.3) is 0 Å². The van der Waals surface area contributed by atoms with E-state index in [0.717, 1.165) is 11.7 Å². The number of nitrogens with one attached hydrogen (secondary N) is 2.